The van der Waals surface area contributed by atoms with Crippen molar-refractivity contribution in [1.82, 2.24) is 19.8 Å². The predicted molar refractivity (Wildman–Crippen MR) is 100 cm³/mol. The molecule has 30 heavy (non-hydrogen) atoms. The fraction of sp³-hybridized carbons (Fsp3) is 0.611. The molecule has 2 unspecified atom stereocenters. The van der Waals surface area contributed by atoms with Gasteiger partial charge >= 0.3 is 6.18 Å². The third kappa shape index (κ3) is 4.21. The van der Waals surface area contributed by atoms with Gasteiger partial charge in [-0.3, -0.25) is 4.79 Å². The highest BCUT2D eigenvalue weighted by Crippen LogP contribution is 2.42. The summed E-state index contributed by atoms with van der Waals surface area (Å²) in [5.74, 6) is -1.43. The molecule has 0 aromatic carbocycles. The predicted octanol–water partition coefficient (Wildman–Crippen LogP) is 2.75. The number of alkyl halides is 3. The van der Waals surface area contributed by atoms with Crippen LogP contribution < -0.4 is 5.32 Å². The van der Waals surface area contributed by atoms with Crippen LogP contribution in [0.25, 0.3) is 11.1 Å². The molecule has 1 saturated heterocycles. The van der Waals surface area contributed by atoms with E-state index in [2.05, 4.69) is 15.5 Å². The Morgan fingerprint density at radius 3 is 2.73 bits per heavy atom. The lowest BCUT2D eigenvalue weighted by Gasteiger charge is -2.24. The first-order valence-electron chi connectivity index (χ1n) is 9.66. The van der Waals surface area contributed by atoms with Gasteiger partial charge in [0.15, 0.2) is 0 Å². The standard InChI is InChI=1S/C18H21F3N4O4S/c1-22-16(26)12-8-13(10-2-3-10)23-17-14(12)15(24-29-17)11-4-6-25(9-11)30(27,28)7-5-18(19,20)21/h8,10-11H,2-7,9H2,1H3,(H-,22,26,27,28). The van der Waals surface area contributed by atoms with Gasteiger partial charge in [0.05, 0.1) is 29.6 Å². The van der Waals surface area contributed by atoms with E-state index in [0.717, 1.165) is 22.8 Å². The van der Waals surface area contributed by atoms with Crippen LogP contribution in [0.5, 0.6) is 0 Å². The quantitative estimate of drug-likeness (QED) is 0.683. The third-order valence-electron chi connectivity index (χ3n) is 5.53. The molecule has 3 heterocycles. The number of nitrogens with zero attached hydrogens (tertiary/aromatic N) is 3. The first kappa shape index (κ1) is 21.2. The van der Waals surface area contributed by atoms with Gasteiger partial charge in [-0.05, 0) is 25.3 Å². The van der Waals surface area contributed by atoms with Gasteiger partial charge in [0.25, 0.3) is 11.6 Å². The number of sulfonamides is 1. The number of hydrogen-bond donors (Lipinski definition) is 1. The number of carbonyl (C=O) groups excluding carboxylic acids is 1. The van der Waals surface area contributed by atoms with Crippen molar-refractivity contribution < 1.29 is 31.3 Å². The van der Waals surface area contributed by atoms with Crippen molar-refractivity contribution in [2.24, 2.45) is 0 Å². The van der Waals surface area contributed by atoms with Gasteiger partial charge in [0.1, 0.15) is 16.2 Å². The molecular formula is C18H21F3N4O4S. The second kappa shape index (κ2) is 7.57. The van der Waals surface area contributed by atoms with Crippen molar-refractivity contribution in [3.8, 4) is 0 Å². The molecule has 1 amide bonds. The van der Waals surface area contributed by atoms with Crippen LogP contribution in [0.3, 0.4) is 0 Å². The lowest BCUT2D eigenvalue weighted by Crippen LogP contribution is -2.38. The average Bonchev–Trinajstić information content (AvgIpc) is 3.26. The minimum atomic E-state index is -4.54. The van der Waals surface area contributed by atoms with Gasteiger partial charge < -0.3 is 14.4 Å². The molecule has 164 valence electrons. The van der Waals surface area contributed by atoms with E-state index in [1.807, 2.05) is 0 Å². The Kier molecular flexibility index (Phi) is 5.35. The zero-order valence-electron chi connectivity index (χ0n) is 16.2. The Labute approximate surface area is 171 Å². The molecule has 0 bridgehead atoms. The van der Waals surface area contributed by atoms with Crippen LogP contribution in [0, 0.1) is 0 Å². The highest BCUT2D eigenvalue weighted by molar-refractivity contribution is 7.95. The maximum Gasteiger partial charge on any atom is 0.393 e. The van der Waals surface area contributed by atoms with Gasteiger partial charge in [0.2, 0.25) is 0 Å². The van der Waals surface area contributed by atoms with Gasteiger partial charge in [-0.2, -0.15) is 13.2 Å². The van der Waals surface area contributed by atoms with Crippen LogP contribution in [-0.4, -0.2) is 57.0 Å². The number of fused-ring (bicyclic) bond motifs is 1. The summed E-state index contributed by atoms with van der Waals surface area (Å²) in [4.78, 5) is 16.9. The highest BCUT2D eigenvalue weighted by Gasteiger charge is 2.41. The molecule has 0 radical (unpaired) electrons. The Morgan fingerprint density at radius 2 is 2.10 bits per heavy atom. The number of hydrogen-bond acceptors (Lipinski definition) is 6. The summed E-state index contributed by atoms with van der Waals surface area (Å²) in [6.07, 6.45) is -3.59. The summed E-state index contributed by atoms with van der Waals surface area (Å²) in [6.45, 7) is 0.0709. The molecular weight excluding hydrogens is 425 g/mol. The molecule has 2 fully saturated rings. The molecule has 1 saturated carbocycles. The minimum Gasteiger partial charge on any atom is -0.598 e. The molecule has 1 aliphatic heterocycles. The van der Waals surface area contributed by atoms with Crippen molar-refractivity contribution in [2.45, 2.75) is 43.7 Å². The fourth-order valence-corrected chi connectivity index (χ4v) is 5.29. The lowest BCUT2D eigenvalue weighted by atomic mass is 9.98. The maximum absolute atomic E-state index is 12.5. The van der Waals surface area contributed by atoms with Gasteiger partial charge in [-0.25, -0.2) is 4.98 Å². The van der Waals surface area contributed by atoms with Crippen LogP contribution in [0.15, 0.2) is 10.6 Å². The summed E-state index contributed by atoms with van der Waals surface area (Å²) in [7, 11) is -2.55. The second-order valence-electron chi connectivity index (χ2n) is 7.72. The number of halogens is 3. The van der Waals surface area contributed by atoms with E-state index in [1.54, 1.807) is 6.07 Å². The number of aromatic nitrogens is 2. The fourth-order valence-electron chi connectivity index (χ4n) is 3.75. The van der Waals surface area contributed by atoms with E-state index in [4.69, 9.17) is 4.52 Å². The van der Waals surface area contributed by atoms with E-state index in [9.17, 15) is 26.7 Å². The van der Waals surface area contributed by atoms with Gasteiger partial charge in [-0.1, -0.05) is 9.37 Å². The van der Waals surface area contributed by atoms with Crippen LogP contribution >= 0.6 is 0 Å². The van der Waals surface area contributed by atoms with E-state index in [-0.39, 0.29) is 30.6 Å². The number of pyridine rings is 1. The highest BCUT2D eigenvalue weighted by atomic mass is 32.3. The van der Waals surface area contributed by atoms with Gasteiger partial charge in [-0.15, -0.1) is 4.31 Å². The molecule has 2 atom stereocenters. The normalized spacial score (nSPS) is 22.4. The largest absolute Gasteiger partial charge is 0.598 e. The molecule has 2 aromatic rings. The molecule has 0 spiro atoms. The average molecular weight is 446 g/mol. The second-order valence-corrected chi connectivity index (χ2v) is 9.81. The van der Waals surface area contributed by atoms with Crippen LogP contribution in [-0.2, 0) is 14.6 Å². The number of carbonyl (C=O) groups is 1. The summed E-state index contributed by atoms with van der Waals surface area (Å²) in [5.41, 5.74) is 1.74. The number of nitrogens with one attached hydrogen (secondary N) is 1. The van der Waals surface area contributed by atoms with Crippen molar-refractivity contribution in [1.29, 1.82) is 0 Å². The minimum absolute atomic E-state index is 0.0145. The summed E-state index contributed by atoms with van der Waals surface area (Å²) in [6, 6.07) is 1.71. The van der Waals surface area contributed by atoms with Crippen molar-refractivity contribution >= 4 is 27.4 Å². The topological polar surface area (TPSA) is 111 Å². The summed E-state index contributed by atoms with van der Waals surface area (Å²) < 4.78 is 68.4. The van der Waals surface area contributed by atoms with E-state index < -0.39 is 34.7 Å². The van der Waals surface area contributed by atoms with Crippen LogP contribution in [0.4, 0.5) is 13.2 Å². The third-order valence-corrected chi connectivity index (χ3v) is 7.37. The van der Waals surface area contributed by atoms with Crippen molar-refractivity contribution in [3.63, 3.8) is 0 Å². The Balaban J connectivity index is 1.61. The molecule has 8 nitrogen and oxygen atoms in total. The first-order chi connectivity index (χ1) is 14.1. The SMILES string of the molecule is CNC(=O)c1cc(C2CC2)nc2onc(C3CCN([S+](=O)([O-])CCC(F)(F)F)C3)c12. The summed E-state index contributed by atoms with van der Waals surface area (Å²) >= 11 is 0. The van der Waals surface area contributed by atoms with E-state index in [0.29, 0.717) is 23.1 Å². The lowest BCUT2D eigenvalue weighted by molar-refractivity contribution is -0.130. The monoisotopic (exact) mass is 446 g/mol. The zero-order chi connectivity index (χ0) is 21.7. The molecule has 2 aromatic heterocycles. The molecule has 2 aliphatic rings. The maximum atomic E-state index is 12.5. The van der Waals surface area contributed by atoms with E-state index >= 15 is 0 Å². The Hall–Kier alpha value is -2.05. The molecule has 1 N–H and O–H groups in total. The van der Waals surface area contributed by atoms with Crippen molar-refractivity contribution in [2.75, 3.05) is 25.9 Å². The smallest absolute Gasteiger partial charge is 0.393 e. The van der Waals surface area contributed by atoms with Crippen molar-refractivity contribution in [3.05, 3.63) is 23.0 Å². The molecule has 4 rings (SSSR count). The Bertz CT molecular complexity index is 1020. The molecule has 1 aliphatic carbocycles. The van der Waals surface area contributed by atoms with Crippen LogP contribution in [0.1, 0.15) is 59.3 Å². The zero-order valence-corrected chi connectivity index (χ0v) is 17.0. The van der Waals surface area contributed by atoms with Crippen LogP contribution in [0.2, 0.25) is 0 Å². The Morgan fingerprint density at radius 1 is 1.37 bits per heavy atom. The summed E-state index contributed by atoms with van der Waals surface area (Å²) in [5, 5.41) is 7.07. The molecule has 12 heteroatoms. The first-order valence-corrected chi connectivity index (χ1v) is 11.3. The van der Waals surface area contributed by atoms with Gasteiger partial charge in [0, 0.05) is 31.1 Å². The van der Waals surface area contributed by atoms with E-state index in [1.165, 1.54) is 7.05 Å². The number of amides is 1. The number of rotatable bonds is 6.